The Bertz CT molecular complexity index is 969. The number of methoxy groups -OCH3 is 1. The molecular formula is C28H32FNO. The van der Waals surface area contributed by atoms with Crippen LogP contribution < -0.4 is 10.1 Å². The predicted molar refractivity (Wildman–Crippen MR) is 125 cm³/mol. The van der Waals surface area contributed by atoms with Gasteiger partial charge in [-0.2, -0.15) is 0 Å². The van der Waals surface area contributed by atoms with Gasteiger partial charge in [-0.15, -0.1) is 0 Å². The van der Waals surface area contributed by atoms with Gasteiger partial charge in [0.05, 0.1) is 7.11 Å². The number of rotatable bonds is 9. The average Bonchev–Trinajstić information content (AvgIpc) is 2.81. The Morgan fingerprint density at radius 3 is 2.55 bits per heavy atom. The van der Waals surface area contributed by atoms with Crippen LogP contribution in [0.1, 0.15) is 47.4 Å². The fourth-order valence-corrected chi connectivity index (χ4v) is 4.86. The van der Waals surface area contributed by atoms with Gasteiger partial charge in [-0.25, -0.2) is 4.39 Å². The summed E-state index contributed by atoms with van der Waals surface area (Å²) in [6.07, 6.45) is 6.53. The lowest BCUT2D eigenvalue weighted by Crippen LogP contribution is -2.39. The molecule has 2 unspecified atom stereocenters. The molecule has 0 aliphatic heterocycles. The summed E-state index contributed by atoms with van der Waals surface area (Å²) < 4.78 is 18.8. The highest BCUT2D eigenvalue weighted by molar-refractivity contribution is 5.36. The van der Waals surface area contributed by atoms with E-state index in [0.29, 0.717) is 12.0 Å². The number of halogens is 1. The van der Waals surface area contributed by atoms with Gasteiger partial charge in [0.2, 0.25) is 0 Å². The largest absolute Gasteiger partial charge is 0.496 e. The molecule has 0 radical (unpaired) electrons. The van der Waals surface area contributed by atoms with Crippen molar-refractivity contribution in [2.45, 2.75) is 50.5 Å². The van der Waals surface area contributed by atoms with Crippen LogP contribution in [0.5, 0.6) is 5.75 Å². The lowest BCUT2D eigenvalue weighted by atomic mass is 9.76. The maximum atomic E-state index is 13.4. The smallest absolute Gasteiger partial charge is 0.123 e. The average molecular weight is 418 g/mol. The Labute approximate surface area is 185 Å². The summed E-state index contributed by atoms with van der Waals surface area (Å²) in [5, 5.41) is 3.85. The molecule has 0 bridgehead atoms. The molecule has 2 atom stereocenters. The fraction of sp³-hybridized carbons (Fsp3) is 0.357. The van der Waals surface area contributed by atoms with E-state index in [4.69, 9.17) is 4.74 Å². The maximum Gasteiger partial charge on any atom is 0.123 e. The lowest BCUT2D eigenvalue weighted by Gasteiger charge is -2.35. The number of nitrogens with one attached hydrogen (secondary N) is 1. The molecule has 0 fully saturated rings. The number of ether oxygens (including phenoxy) is 1. The van der Waals surface area contributed by atoms with Crippen LogP contribution >= 0.6 is 0 Å². The third kappa shape index (κ3) is 5.54. The van der Waals surface area contributed by atoms with Crippen LogP contribution in [0.15, 0.2) is 72.8 Å². The first-order valence-corrected chi connectivity index (χ1v) is 11.4. The van der Waals surface area contributed by atoms with Crippen molar-refractivity contribution >= 4 is 0 Å². The number of hydrogen-bond donors (Lipinski definition) is 1. The quantitative estimate of drug-likeness (QED) is 0.426. The number of aryl methyl sites for hydroxylation is 2. The van der Waals surface area contributed by atoms with Crippen LogP contribution in [-0.4, -0.2) is 19.7 Å². The highest BCUT2D eigenvalue weighted by atomic mass is 19.1. The first-order chi connectivity index (χ1) is 15.2. The van der Waals surface area contributed by atoms with Crippen LogP contribution in [0.4, 0.5) is 4.39 Å². The Hall–Kier alpha value is -2.65. The monoisotopic (exact) mass is 417 g/mol. The molecule has 2 nitrogen and oxygen atoms in total. The first kappa shape index (κ1) is 21.6. The Morgan fingerprint density at radius 2 is 1.71 bits per heavy atom. The van der Waals surface area contributed by atoms with Crippen molar-refractivity contribution in [3.8, 4) is 5.75 Å². The van der Waals surface area contributed by atoms with E-state index in [1.165, 1.54) is 22.3 Å². The zero-order chi connectivity index (χ0) is 21.5. The summed E-state index contributed by atoms with van der Waals surface area (Å²) in [7, 11) is 1.74. The Kier molecular flexibility index (Phi) is 7.37. The number of unbranched alkanes of at least 4 members (excludes halogenated alkanes) is 1. The van der Waals surface area contributed by atoms with Crippen molar-refractivity contribution in [2.75, 3.05) is 13.7 Å². The second-order valence-electron chi connectivity index (χ2n) is 8.50. The van der Waals surface area contributed by atoms with E-state index in [-0.39, 0.29) is 5.82 Å². The van der Waals surface area contributed by atoms with Crippen molar-refractivity contribution in [3.63, 3.8) is 0 Å². The molecule has 4 rings (SSSR count). The van der Waals surface area contributed by atoms with Gasteiger partial charge < -0.3 is 10.1 Å². The molecule has 0 saturated heterocycles. The second kappa shape index (κ2) is 10.6. The van der Waals surface area contributed by atoms with E-state index in [1.807, 2.05) is 24.3 Å². The SMILES string of the molecule is COc1ccccc1CCCCNC1CCc2ccccc2C1Cc1ccc(F)cc1. The van der Waals surface area contributed by atoms with Gasteiger partial charge in [0.25, 0.3) is 0 Å². The third-order valence-electron chi connectivity index (χ3n) is 6.51. The van der Waals surface area contributed by atoms with Crippen LogP contribution in [0.25, 0.3) is 0 Å². The number of hydrogen-bond acceptors (Lipinski definition) is 2. The number of fused-ring (bicyclic) bond motifs is 1. The molecule has 1 N–H and O–H groups in total. The molecule has 1 aliphatic rings. The van der Waals surface area contributed by atoms with Gasteiger partial charge in [-0.05, 0) is 85.5 Å². The molecule has 31 heavy (non-hydrogen) atoms. The lowest BCUT2D eigenvalue weighted by molar-refractivity contribution is 0.380. The van der Waals surface area contributed by atoms with E-state index in [9.17, 15) is 4.39 Å². The summed E-state index contributed by atoms with van der Waals surface area (Å²) in [6.45, 7) is 1.02. The summed E-state index contributed by atoms with van der Waals surface area (Å²) in [4.78, 5) is 0. The minimum atomic E-state index is -0.169. The van der Waals surface area contributed by atoms with Crippen LogP contribution in [0, 0.1) is 5.82 Å². The van der Waals surface area contributed by atoms with Crippen molar-refractivity contribution in [2.24, 2.45) is 0 Å². The molecule has 1 aliphatic carbocycles. The minimum Gasteiger partial charge on any atom is -0.496 e. The molecular weight excluding hydrogens is 385 g/mol. The first-order valence-electron chi connectivity index (χ1n) is 11.4. The fourth-order valence-electron chi connectivity index (χ4n) is 4.86. The highest BCUT2D eigenvalue weighted by Crippen LogP contribution is 2.34. The highest BCUT2D eigenvalue weighted by Gasteiger charge is 2.29. The van der Waals surface area contributed by atoms with E-state index in [1.54, 1.807) is 19.2 Å². The molecule has 0 amide bonds. The topological polar surface area (TPSA) is 21.3 Å². The maximum absolute atomic E-state index is 13.4. The number of para-hydroxylation sites is 1. The molecule has 0 spiro atoms. The van der Waals surface area contributed by atoms with Gasteiger partial charge in [0, 0.05) is 12.0 Å². The standard InChI is InChI=1S/C28H32FNO/c1-31-28-12-5-3-9-23(28)10-6-7-19-30-27-18-15-22-8-2-4-11-25(22)26(27)20-21-13-16-24(29)17-14-21/h2-5,8-9,11-14,16-17,26-27,30H,6-7,10,15,18-20H2,1H3. The van der Waals surface area contributed by atoms with E-state index in [2.05, 4.69) is 41.7 Å². The Morgan fingerprint density at radius 1 is 0.935 bits per heavy atom. The molecule has 3 heteroatoms. The molecule has 0 saturated carbocycles. The van der Waals surface area contributed by atoms with Gasteiger partial charge in [0.15, 0.2) is 0 Å². The van der Waals surface area contributed by atoms with E-state index >= 15 is 0 Å². The molecule has 0 aromatic heterocycles. The summed E-state index contributed by atoms with van der Waals surface area (Å²) in [5.41, 5.74) is 5.39. The van der Waals surface area contributed by atoms with Crippen molar-refractivity contribution in [3.05, 3.63) is 101 Å². The van der Waals surface area contributed by atoms with Crippen molar-refractivity contribution in [1.29, 1.82) is 0 Å². The second-order valence-corrected chi connectivity index (χ2v) is 8.50. The zero-order valence-corrected chi connectivity index (χ0v) is 18.3. The summed E-state index contributed by atoms with van der Waals surface area (Å²) in [6, 6.07) is 24.6. The van der Waals surface area contributed by atoms with Crippen LogP contribution in [-0.2, 0) is 19.3 Å². The van der Waals surface area contributed by atoms with Crippen molar-refractivity contribution < 1.29 is 9.13 Å². The van der Waals surface area contributed by atoms with E-state index < -0.39 is 0 Å². The molecule has 0 heterocycles. The van der Waals surface area contributed by atoms with Gasteiger partial charge >= 0.3 is 0 Å². The predicted octanol–water partition coefficient (Wildman–Crippen LogP) is 6.09. The summed E-state index contributed by atoms with van der Waals surface area (Å²) in [5.74, 6) is 1.24. The summed E-state index contributed by atoms with van der Waals surface area (Å²) >= 11 is 0. The van der Waals surface area contributed by atoms with E-state index in [0.717, 1.165) is 50.8 Å². The number of benzene rings is 3. The molecule has 3 aromatic rings. The van der Waals surface area contributed by atoms with Crippen LogP contribution in [0.2, 0.25) is 0 Å². The van der Waals surface area contributed by atoms with Gasteiger partial charge in [-0.3, -0.25) is 0 Å². The van der Waals surface area contributed by atoms with Crippen molar-refractivity contribution in [1.82, 2.24) is 5.32 Å². The third-order valence-corrected chi connectivity index (χ3v) is 6.51. The van der Waals surface area contributed by atoms with Crippen LogP contribution in [0.3, 0.4) is 0 Å². The molecule has 162 valence electrons. The normalized spacial score (nSPS) is 17.9. The minimum absolute atomic E-state index is 0.169. The molecule has 3 aromatic carbocycles. The Balaban J connectivity index is 1.36. The zero-order valence-electron chi connectivity index (χ0n) is 18.3. The van der Waals surface area contributed by atoms with Gasteiger partial charge in [0.1, 0.15) is 11.6 Å². The van der Waals surface area contributed by atoms with Gasteiger partial charge in [-0.1, -0.05) is 54.6 Å².